The molecule has 1 N–H and O–H groups in total. The van der Waals surface area contributed by atoms with Gasteiger partial charge in [0.15, 0.2) is 5.13 Å². The molecule has 1 aromatic heterocycles. The number of rotatable bonds is 7. The molecule has 0 saturated carbocycles. The summed E-state index contributed by atoms with van der Waals surface area (Å²) in [5.74, 6) is -0.222. The summed E-state index contributed by atoms with van der Waals surface area (Å²) in [6, 6.07) is 9.87. The molecule has 8 heteroatoms. The van der Waals surface area contributed by atoms with Crippen LogP contribution in [0.5, 0.6) is 0 Å². The lowest BCUT2D eigenvalue weighted by atomic mass is 10.2. The first-order valence-electron chi connectivity index (χ1n) is 8.30. The zero-order valence-corrected chi connectivity index (χ0v) is 16.8. The Morgan fingerprint density at radius 2 is 2.11 bits per heavy atom. The van der Waals surface area contributed by atoms with Crippen molar-refractivity contribution in [2.45, 2.75) is 12.8 Å². The minimum absolute atomic E-state index is 0.108. The fraction of sp³-hybridized carbons (Fsp3) is 0.158. The molecule has 0 atom stereocenters. The minimum Gasteiger partial charge on any atom is -0.302 e. The molecule has 2 heterocycles. The van der Waals surface area contributed by atoms with Gasteiger partial charge in [0.1, 0.15) is 4.32 Å². The first kappa shape index (κ1) is 19.5. The summed E-state index contributed by atoms with van der Waals surface area (Å²) in [7, 11) is 0. The van der Waals surface area contributed by atoms with Crippen molar-refractivity contribution in [1.82, 2.24) is 9.88 Å². The van der Waals surface area contributed by atoms with Crippen LogP contribution in [0.1, 0.15) is 18.4 Å². The van der Waals surface area contributed by atoms with Crippen molar-refractivity contribution in [3.05, 3.63) is 64.5 Å². The van der Waals surface area contributed by atoms with Crippen molar-refractivity contribution in [3.63, 3.8) is 0 Å². The van der Waals surface area contributed by atoms with Crippen LogP contribution in [0.15, 0.2) is 59.0 Å². The van der Waals surface area contributed by atoms with Gasteiger partial charge in [-0.15, -0.1) is 11.3 Å². The summed E-state index contributed by atoms with van der Waals surface area (Å²) >= 11 is 7.96. The maximum atomic E-state index is 12.5. The average molecular weight is 416 g/mol. The van der Waals surface area contributed by atoms with E-state index in [9.17, 15) is 9.59 Å². The van der Waals surface area contributed by atoms with Gasteiger partial charge in [-0.25, -0.2) is 4.98 Å². The van der Waals surface area contributed by atoms with E-state index in [0.29, 0.717) is 33.7 Å². The molecule has 1 aliphatic rings. The maximum Gasteiger partial charge on any atom is 0.266 e. The van der Waals surface area contributed by atoms with Crippen molar-refractivity contribution in [2.75, 3.05) is 11.9 Å². The zero-order valence-electron chi connectivity index (χ0n) is 14.3. The van der Waals surface area contributed by atoms with Crippen LogP contribution in [0.25, 0.3) is 6.08 Å². The second-order valence-corrected chi connectivity index (χ2v) is 8.18. The van der Waals surface area contributed by atoms with E-state index in [1.165, 1.54) is 23.1 Å². The molecule has 5 nitrogen and oxygen atoms in total. The van der Waals surface area contributed by atoms with E-state index < -0.39 is 0 Å². The summed E-state index contributed by atoms with van der Waals surface area (Å²) in [6.07, 6.45) is 8.05. The number of thiazole rings is 1. The van der Waals surface area contributed by atoms with Crippen LogP contribution < -0.4 is 5.32 Å². The zero-order chi connectivity index (χ0) is 19.1. The van der Waals surface area contributed by atoms with Crippen LogP contribution in [-0.4, -0.2) is 32.6 Å². The number of benzene rings is 1. The van der Waals surface area contributed by atoms with Crippen molar-refractivity contribution >= 4 is 62.7 Å². The molecular weight excluding hydrogens is 398 g/mol. The number of aromatic nitrogens is 1. The first-order valence-corrected chi connectivity index (χ1v) is 10.4. The Hall–Kier alpha value is -2.29. The third-order valence-corrected chi connectivity index (χ3v) is 5.76. The van der Waals surface area contributed by atoms with Gasteiger partial charge >= 0.3 is 0 Å². The second kappa shape index (κ2) is 9.59. The van der Waals surface area contributed by atoms with Gasteiger partial charge in [0.05, 0.1) is 4.91 Å². The largest absolute Gasteiger partial charge is 0.302 e. The van der Waals surface area contributed by atoms with E-state index in [1.54, 1.807) is 22.6 Å². The first-order chi connectivity index (χ1) is 13.1. The molecular formula is C19H17N3O2S3. The maximum absolute atomic E-state index is 12.5. The molecule has 138 valence electrons. The van der Waals surface area contributed by atoms with Gasteiger partial charge in [-0.2, -0.15) is 0 Å². The fourth-order valence-electron chi connectivity index (χ4n) is 2.38. The Labute approximate surface area is 171 Å². The number of amides is 2. The van der Waals surface area contributed by atoms with E-state index in [2.05, 4.69) is 10.3 Å². The van der Waals surface area contributed by atoms with Crippen LogP contribution >= 0.6 is 35.3 Å². The molecule has 1 aromatic carbocycles. The van der Waals surface area contributed by atoms with Gasteiger partial charge in [-0.1, -0.05) is 66.5 Å². The van der Waals surface area contributed by atoms with E-state index >= 15 is 0 Å². The van der Waals surface area contributed by atoms with E-state index in [4.69, 9.17) is 12.2 Å². The third-order valence-electron chi connectivity index (χ3n) is 3.67. The highest BCUT2D eigenvalue weighted by molar-refractivity contribution is 8.26. The van der Waals surface area contributed by atoms with E-state index in [1.807, 2.05) is 42.5 Å². The third kappa shape index (κ3) is 5.59. The number of thiocarbonyl (C=S) groups is 1. The lowest BCUT2D eigenvalue weighted by Gasteiger charge is -2.13. The smallest absolute Gasteiger partial charge is 0.266 e. The van der Waals surface area contributed by atoms with Crippen molar-refractivity contribution in [3.8, 4) is 0 Å². The second-order valence-electron chi connectivity index (χ2n) is 5.61. The SMILES string of the molecule is O=C(CCCN1C(=O)/C(=C/C=C/c2ccccc2)SC1=S)Nc1nccs1. The Morgan fingerprint density at radius 3 is 2.85 bits per heavy atom. The summed E-state index contributed by atoms with van der Waals surface area (Å²) in [5, 5.41) is 5.11. The van der Waals surface area contributed by atoms with Crippen LogP contribution in [0.2, 0.25) is 0 Å². The number of carbonyl (C=O) groups excluding carboxylic acids is 2. The van der Waals surface area contributed by atoms with Crippen LogP contribution in [0, 0.1) is 0 Å². The van der Waals surface area contributed by atoms with Crippen molar-refractivity contribution in [2.24, 2.45) is 0 Å². The number of anilines is 1. The lowest BCUT2D eigenvalue weighted by molar-refractivity contribution is -0.122. The van der Waals surface area contributed by atoms with E-state index in [0.717, 1.165) is 5.56 Å². The number of nitrogens with one attached hydrogen (secondary N) is 1. The molecule has 0 unspecified atom stereocenters. The predicted octanol–water partition coefficient (Wildman–Crippen LogP) is 4.32. The molecule has 1 fully saturated rings. The standard InChI is InChI=1S/C19H17N3O2S3/c23-16(21-18-20-11-13-26-18)10-5-12-22-17(24)15(27-19(22)25)9-4-8-14-6-2-1-3-7-14/h1-4,6-9,11,13H,5,10,12H2,(H,20,21,23)/b8-4+,15-9-. The summed E-state index contributed by atoms with van der Waals surface area (Å²) < 4.78 is 0.527. The highest BCUT2D eigenvalue weighted by Gasteiger charge is 2.31. The van der Waals surface area contributed by atoms with Crippen molar-refractivity contribution in [1.29, 1.82) is 0 Å². The molecule has 27 heavy (non-hydrogen) atoms. The molecule has 2 amide bonds. The molecule has 1 saturated heterocycles. The molecule has 1 aliphatic heterocycles. The number of hydrogen-bond acceptors (Lipinski definition) is 6. The highest BCUT2D eigenvalue weighted by atomic mass is 32.2. The van der Waals surface area contributed by atoms with Crippen molar-refractivity contribution < 1.29 is 9.59 Å². The lowest BCUT2D eigenvalue weighted by Crippen LogP contribution is -2.29. The minimum atomic E-state index is -0.114. The Morgan fingerprint density at radius 1 is 1.30 bits per heavy atom. The number of allylic oxidation sites excluding steroid dienone is 2. The van der Waals surface area contributed by atoms with Gasteiger partial charge < -0.3 is 5.32 Å². The number of hydrogen-bond donors (Lipinski definition) is 1. The van der Waals surface area contributed by atoms with Gasteiger partial charge in [-0.3, -0.25) is 14.5 Å². The normalized spacial score (nSPS) is 15.9. The molecule has 0 spiro atoms. The average Bonchev–Trinajstić information content (AvgIpc) is 3.26. The Bertz CT molecular complexity index is 877. The molecule has 0 bridgehead atoms. The number of carbonyl (C=O) groups is 2. The van der Waals surface area contributed by atoms with Crippen LogP contribution in [-0.2, 0) is 9.59 Å². The molecule has 0 aliphatic carbocycles. The van der Waals surface area contributed by atoms with E-state index in [-0.39, 0.29) is 11.8 Å². The molecule has 2 aromatic rings. The highest BCUT2D eigenvalue weighted by Crippen LogP contribution is 2.31. The summed E-state index contributed by atoms with van der Waals surface area (Å²) in [6.45, 7) is 0.426. The molecule has 0 radical (unpaired) electrons. The van der Waals surface area contributed by atoms with Gasteiger partial charge in [0, 0.05) is 24.5 Å². The Balaban J connectivity index is 1.49. The molecule has 3 rings (SSSR count). The topological polar surface area (TPSA) is 62.3 Å². The summed E-state index contributed by atoms with van der Waals surface area (Å²) in [5.41, 5.74) is 1.07. The van der Waals surface area contributed by atoms with Crippen LogP contribution in [0.3, 0.4) is 0 Å². The fourth-order valence-corrected chi connectivity index (χ4v) is 4.19. The van der Waals surface area contributed by atoms with Crippen LogP contribution in [0.4, 0.5) is 5.13 Å². The van der Waals surface area contributed by atoms with Gasteiger partial charge in [-0.05, 0) is 18.1 Å². The van der Waals surface area contributed by atoms with Gasteiger partial charge in [0.25, 0.3) is 5.91 Å². The van der Waals surface area contributed by atoms with Gasteiger partial charge in [0.2, 0.25) is 5.91 Å². The number of nitrogens with zero attached hydrogens (tertiary/aromatic N) is 2. The Kier molecular flexibility index (Phi) is 6.92. The quantitative estimate of drug-likeness (QED) is 0.539. The summed E-state index contributed by atoms with van der Waals surface area (Å²) in [4.78, 5) is 30.5. The monoisotopic (exact) mass is 415 g/mol. The predicted molar refractivity (Wildman–Crippen MR) is 115 cm³/mol. The number of thioether (sulfide) groups is 1.